The summed E-state index contributed by atoms with van der Waals surface area (Å²) in [6.07, 6.45) is 6.11. The number of rotatable bonds is 4. The van der Waals surface area contributed by atoms with Crippen LogP contribution >= 0.6 is 0 Å². The molecule has 5 nitrogen and oxygen atoms in total. The third-order valence-corrected chi connectivity index (χ3v) is 4.71. The zero-order valence-corrected chi connectivity index (χ0v) is 13.3. The second-order valence-corrected chi connectivity index (χ2v) is 6.26. The fourth-order valence-electron chi connectivity index (χ4n) is 3.51. The number of amides is 1. The van der Waals surface area contributed by atoms with Gasteiger partial charge in [0.05, 0.1) is 12.5 Å². The number of carbonyl (C=O) groups excluding carboxylic acids is 2. The summed E-state index contributed by atoms with van der Waals surface area (Å²) in [6, 6.07) is 0.897. The summed E-state index contributed by atoms with van der Waals surface area (Å²) in [6.45, 7) is 5.66. The number of hydrogen-bond donors (Lipinski definition) is 1. The van der Waals surface area contributed by atoms with E-state index in [9.17, 15) is 9.59 Å². The molecule has 1 saturated carbocycles. The van der Waals surface area contributed by atoms with Gasteiger partial charge in [-0.25, -0.2) is 0 Å². The van der Waals surface area contributed by atoms with Crippen LogP contribution in [0, 0.1) is 5.92 Å². The number of nitrogens with zero attached hydrogens (tertiary/aromatic N) is 1. The molecule has 2 unspecified atom stereocenters. The van der Waals surface area contributed by atoms with Crippen molar-refractivity contribution in [2.24, 2.45) is 5.92 Å². The van der Waals surface area contributed by atoms with Crippen molar-refractivity contribution in [2.45, 2.75) is 64.5 Å². The van der Waals surface area contributed by atoms with Gasteiger partial charge in [-0.05, 0) is 39.0 Å². The van der Waals surface area contributed by atoms with Gasteiger partial charge in [-0.3, -0.25) is 9.59 Å². The lowest BCUT2D eigenvalue weighted by Crippen LogP contribution is -2.48. The first kappa shape index (κ1) is 16.3. The first-order valence-corrected chi connectivity index (χ1v) is 8.28. The van der Waals surface area contributed by atoms with E-state index in [0.29, 0.717) is 18.7 Å². The highest BCUT2D eigenvalue weighted by Crippen LogP contribution is 2.26. The molecule has 0 aromatic rings. The maximum Gasteiger partial charge on any atom is 0.308 e. The molecular formula is C16H28N2O3. The van der Waals surface area contributed by atoms with Crippen molar-refractivity contribution in [3.05, 3.63) is 0 Å². The summed E-state index contributed by atoms with van der Waals surface area (Å²) >= 11 is 0. The number of esters is 1. The number of carbonyl (C=O) groups is 2. The van der Waals surface area contributed by atoms with Gasteiger partial charge in [0.25, 0.3) is 0 Å². The molecule has 21 heavy (non-hydrogen) atoms. The highest BCUT2D eigenvalue weighted by molar-refractivity contribution is 5.73. The Hall–Kier alpha value is -1.10. The summed E-state index contributed by atoms with van der Waals surface area (Å²) in [7, 11) is 0. The topological polar surface area (TPSA) is 58.6 Å². The zero-order valence-electron chi connectivity index (χ0n) is 13.3. The molecule has 2 rings (SSSR count). The average Bonchev–Trinajstić information content (AvgIpc) is 2.48. The van der Waals surface area contributed by atoms with Crippen molar-refractivity contribution in [1.82, 2.24) is 10.2 Å². The van der Waals surface area contributed by atoms with Gasteiger partial charge in [0.1, 0.15) is 0 Å². The van der Waals surface area contributed by atoms with Crippen molar-refractivity contribution in [2.75, 3.05) is 19.7 Å². The van der Waals surface area contributed by atoms with Crippen molar-refractivity contribution >= 4 is 11.9 Å². The number of likely N-dealkylation sites (tertiary alicyclic amines) is 1. The molecule has 2 fully saturated rings. The van der Waals surface area contributed by atoms with E-state index in [4.69, 9.17) is 4.74 Å². The Morgan fingerprint density at radius 2 is 1.86 bits per heavy atom. The SMILES string of the molecule is CCOC(=O)C1CCCC(NC2CCN(C(C)=O)CC2)C1. The standard InChI is InChI=1S/C16H28N2O3/c1-3-21-16(20)13-5-4-6-15(11-13)17-14-7-9-18(10-8-14)12(2)19/h13-15,17H,3-11H2,1-2H3. The molecule has 0 bridgehead atoms. The minimum absolute atomic E-state index is 0.0320. The lowest BCUT2D eigenvalue weighted by atomic mass is 9.85. The van der Waals surface area contributed by atoms with E-state index >= 15 is 0 Å². The van der Waals surface area contributed by atoms with Crippen molar-refractivity contribution in [3.63, 3.8) is 0 Å². The first-order chi connectivity index (χ1) is 10.1. The van der Waals surface area contributed by atoms with Crippen LogP contribution in [0.4, 0.5) is 0 Å². The number of piperidine rings is 1. The molecular weight excluding hydrogens is 268 g/mol. The van der Waals surface area contributed by atoms with Crippen LogP contribution in [-0.2, 0) is 14.3 Å². The summed E-state index contributed by atoms with van der Waals surface area (Å²) in [4.78, 5) is 25.1. The van der Waals surface area contributed by atoms with E-state index in [1.807, 2.05) is 11.8 Å². The molecule has 0 aromatic carbocycles. The van der Waals surface area contributed by atoms with Crippen LogP contribution in [0.3, 0.4) is 0 Å². The molecule has 0 radical (unpaired) electrons. The minimum Gasteiger partial charge on any atom is -0.466 e. The van der Waals surface area contributed by atoms with Crippen LogP contribution in [-0.4, -0.2) is 48.6 Å². The molecule has 0 aromatic heterocycles. The van der Waals surface area contributed by atoms with E-state index in [2.05, 4.69) is 5.32 Å². The zero-order chi connectivity index (χ0) is 15.2. The second kappa shape index (κ2) is 7.78. The van der Waals surface area contributed by atoms with Gasteiger partial charge in [0.15, 0.2) is 0 Å². The molecule has 120 valence electrons. The van der Waals surface area contributed by atoms with Crippen LogP contribution in [0.25, 0.3) is 0 Å². The van der Waals surface area contributed by atoms with Gasteiger partial charge in [0, 0.05) is 32.1 Å². The van der Waals surface area contributed by atoms with Crippen molar-refractivity contribution < 1.29 is 14.3 Å². The number of ether oxygens (including phenoxy) is 1. The molecule has 1 amide bonds. The molecule has 2 atom stereocenters. The molecule has 1 aliphatic carbocycles. The van der Waals surface area contributed by atoms with Gasteiger partial charge >= 0.3 is 5.97 Å². The largest absolute Gasteiger partial charge is 0.466 e. The van der Waals surface area contributed by atoms with E-state index in [-0.39, 0.29) is 17.8 Å². The van der Waals surface area contributed by atoms with Crippen LogP contribution in [0.15, 0.2) is 0 Å². The summed E-state index contributed by atoms with van der Waals surface area (Å²) < 4.78 is 5.15. The number of hydrogen-bond acceptors (Lipinski definition) is 4. The van der Waals surface area contributed by atoms with Gasteiger partial charge < -0.3 is 15.0 Å². The Morgan fingerprint density at radius 1 is 1.14 bits per heavy atom. The van der Waals surface area contributed by atoms with E-state index in [1.165, 1.54) is 0 Å². The summed E-state index contributed by atoms with van der Waals surface area (Å²) in [5.74, 6) is 0.206. The lowest BCUT2D eigenvalue weighted by Gasteiger charge is -2.36. The second-order valence-electron chi connectivity index (χ2n) is 6.26. The Balaban J connectivity index is 1.75. The van der Waals surface area contributed by atoms with Gasteiger partial charge in [0.2, 0.25) is 5.91 Å². The monoisotopic (exact) mass is 296 g/mol. The minimum atomic E-state index is -0.0320. The summed E-state index contributed by atoms with van der Waals surface area (Å²) in [5.41, 5.74) is 0. The van der Waals surface area contributed by atoms with Crippen molar-refractivity contribution in [1.29, 1.82) is 0 Å². The molecule has 1 aliphatic heterocycles. The number of nitrogens with one attached hydrogen (secondary N) is 1. The smallest absolute Gasteiger partial charge is 0.308 e. The third-order valence-electron chi connectivity index (χ3n) is 4.71. The fourth-order valence-corrected chi connectivity index (χ4v) is 3.51. The summed E-state index contributed by atoms with van der Waals surface area (Å²) in [5, 5.41) is 3.70. The first-order valence-electron chi connectivity index (χ1n) is 8.28. The van der Waals surface area contributed by atoms with Crippen LogP contribution < -0.4 is 5.32 Å². The van der Waals surface area contributed by atoms with Crippen LogP contribution in [0.2, 0.25) is 0 Å². The predicted octanol–water partition coefficient (Wildman–Crippen LogP) is 1.71. The molecule has 0 spiro atoms. The molecule has 1 heterocycles. The van der Waals surface area contributed by atoms with E-state index in [0.717, 1.165) is 51.6 Å². The molecule has 1 N–H and O–H groups in total. The molecule has 5 heteroatoms. The van der Waals surface area contributed by atoms with Gasteiger partial charge in [-0.2, -0.15) is 0 Å². The highest BCUT2D eigenvalue weighted by Gasteiger charge is 2.30. The fraction of sp³-hybridized carbons (Fsp3) is 0.875. The Labute approximate surface area is 127 Å². The van der Waals surface area contributed by atoms with Crippen LogP contribution in [0.1, 0.15) is 52.4 Å². The lowest BCUT2D eigenvalue weighted by molar-refractivity contribution is -0.149. The van der Waals surface area contributed by atoms with Crippen LogP contribution in [0.5, 0.6) is 0 Å². The molecule has 2 aliphatic rings. The van der Waals surface area contributed by atoms with Gasteiger partial charge in [-0.15, -0.1) is 0 Å². The van der Waals surface area contributed by atoms with Gasteiger partial charge in [-0.1, -0.05) is 6.42 Å². The van der Waals surface area contributed by atoms with E-state index in [1.54, 1.807) is 6.92 Å². The maximum atomic E-state index is 11.9. The molecule has 1 saturated heterocycles. The van der Waals surface area contributed by atoms with Crippen molar-refractivity contribution in [3.8, 4) is 0 Å². The van der Waals surface area contributed by atoms with E-state index < -0.39 is 0 Å². The Morgan fingerprint density at radius 3 is 2.48 bits per heavy atom. The highest BCUT2D eigenvalue weighted by atomic mass is 16.5. The quantitative estimate of drug-likeness (QED) is 0.802. The predicted molar refractivity (Wildman–Crippen MR) is 80.8 cm³/mol. The average molecular weight is 296 g/mol. The Bertz CT molecular complexity index is 365. The maximum absolute atomic E-state index is 11.9. The normalized spacial score (nSPS) is 27.4. The Kier molecular flexibility index (Phi) is 6.03. The third kappa shape index (κ3) is 4.70.